The van der Waals surface area contributed by atoms with E-state index in [0.717, 1.165) is 29.5 Å². The van der Waals surface area contributed by atoms with Gasteiger partial charge in [0.2, 0.25) is 9.84 Å². The summed E-state index contributed by atoms with van der Waals surface area (Å²) in [7, 11) is -3.35. The Morgan fingerprint density at radius 3 is 2.39 bits per heavy atom. The summed E-state index contributed by atoms with van der Waals surface area (Å²) in [4.78, 5) is 0.936. The highest BCUT2D eigenvalue weighted by molar-refractivity contribution is 7.91. The van der Waals surface area contributed by atoms with Crippen molar-refractivity contribution < 1.29 is 8.42 Å². The molecule has 0 aromatic heterocycles. The fourth-order valence-corrected chi connectivity index (χ4v) is 4.29. The number of aryl methyl sites for hydroxylation is 3. The van der Waals surface area contributed by atoms with Crippen LogP contribution < -0.4 is 0 Å². The van der Waals surface area contributed by atoms with Crippen molar-refractivity contribution in [3.8, 4) is 0 Å². The first kappa shape index (κ1) is 11.5. The first-order chi connectivity index (χ1) is 8.59. The van der Waals surface area contributed by atoms with Crippen LogP contribution in [0.15, 0.2) is 52.3 Å². The number of rotatable bonds is 0. The Hall–Kier alpha value is -1.61. The summed E-state index contributed by atoms with van der Waals surface area (Å²) in [5.74, 6) is 0. The lowest BCUT2D eigenvalue weighted by atomic mass is 10.0. The number of sulfone groups is 1. The highest BCUT2D eigenvalue weighted by Gasteiger charge is 2.26. The van der Waals surface area contributed by atoms with E-state index < -0.39 is 9.84 Å². The molecule has 1 aliphatic heterocycles. The summed E-state index contributed by atoms with van der Waals surface area (Å²) < 4.78 is 25.3. The van der Waals surface area contributed by atoms with Crippen LogP contribution in [0.25, 0.3) is 0 Å². The maximum absolute atomic E-state index is 12.6. The standard InChI is InChI=1S/C15H14O2S/c1-11-6-9-15-13(10-11)8-7-12-4-2-3-5-14(12)18(15,16)17/h2-6,9-10H,7-8H2,1H3. The van der Waals surface area contributed by atoms with Crippen molar-refractivity contribution in [3.05, 3.63) is 59.2 Å². The molecule has 0 radical (unpaired) electrons. The van der Waals surface area contributed by atoms with Gasteiger partial charge in [0.1, 0.15) is 0 Å². The summed E-state index contributed by atoms with van der Waals surface area (Å²) in [6, 6.07) is 12.9. The van der Waals surface area contributed by atoms with E-state index in [1.165, 1.54) is 0 Å². The van der Waals surface area contributed by atoms with Gasteiger partial charge in [-0.05, 0) is 43.0 Å². The Bertz CT molecular complexity index is 715. The highest BCUT2D eigenvalue weighted by Crippen LogP contribution is 2.31. The largest absolute Gasteiger partial charge is 0.218 e. The van der Waals surface area contributed by atoms with E-state index in [0.29, 0.717) is 9.79 Å². The molecule has 0 unspecified atom stereocenters. The van der Waals surface area contributed by atoms with Crippen LogP contribution in [0.5, 0.6) is 0 Å². The molecule has 92 valence electrons. The average molecular weight is 258 g/mol. The summed E-state index contributed by atoms with van der Waals surface area (Å²) in [6.07, 6.45) is 1.57. The van der Waals surface area contributed by atoms with Crippen molar-refractivity contribution in [2.45, 2.75) is 29.6 Å². The van der Waals surface area contributed by atoms with Crippen molar-refractivity contribution >= 4 is 9.84 Å². The average Bonchev–Trinajstić information content (AvgIpc) is 2.46. The second kappa shape index (κ2) is 3.95. The van der Waals surface area contributed by atoms with Crippen molar-refractivity contribution in [2.24, 2.45) is 0 Å². The van der Waals surface area contributed by atoms with Crippen molar-refractivity contribution in [1.82, 2.24) is 0 Å². The Labute approximate surface area is 107 Å². The van der Waals surface area contributed by atoms with Crippen LogP contribution in [-0.4, -0.2) is 8.42 Å². The van der Waals surface area contributed by atoms with E-state index in [1.807, 2.05) is 31.2 Å². The van der Waals surface area contributed by atoms with Crippen molar-refractivity contribution in [3.63, 3.8) is 0 Å². The summed E-state index contributed by atoms with van der Waals surface area (Å²) in [5.41, 5.74) is 2.97. The zero-order chi connectivity index (χ0) is 12.8. The monoisotopic (exact) mass is 258 g/mol. The molecule has 0 amide bonds. The molecule has 2 aromatic carbocycles. The molecule has 18 heavy (non-hydrogen) atoms. The molecule has 0 atom stereocenters. The van der Waals surface area contributed by atoms with Gasteiger partial charge in [-0.2, -0.15) is 0 Å². The summed E-state index contributed by atoms with van der Waals surface area (Å²) >= 11 is 0. The van der Waals surface area contributed by atoms with E-state index in [2.05, 4.69) is 0 Å². The molecule has 0 aliphatic carbocycles. The van der Waals surface area contributed by atoms with E-state index in [1.54, 1.807) is 18.2 Å². The molecule has 3 rings (SSSR count). The lowest BCUT2D eigenvalue weighted by Gasteiger charge is -2.08. The molecular weight excluding hydrogens is 244 g/mol. The molecule has 0 saturated carbocycles. The molecule has 3 heteroatoms. The third-order valence-corrected chi connectivity index (χ3v) is 5.39. The minimum atomic E-state index is -3.35. The van der Waals surface area contributed by atoms with Gasteiger partial charge in [0.25, 0.3) is 0 Å². The molecular formula is C15H14O2S. The van der Waals surface area contributed by atoms with Gasteiger partial charge in [-0.3, -0.25) is 0 Å². The molecule has 0 N–H and O–H groups in total. The number of hydrogen-bond donors (Lipinski definition) is 0. The van der Waals surface area contributed by atoms with Crippen LogP contribution >= 0.6 is 0 Å². The van der Waals surface area contributed by atoms with Gasteiger partial charge >= 0.3 is 0 Å². The summed E-state index contributed by atoms with van der Waals surface area (Å²) in [6.45, 7) is 1.99. The predicted octanol–water partition coefficient (Wildman–Crippen LogP) is 2.93. The first-order valence-corrected chi connectivity index (χ1v) is 7.50. The van der Waals surface area contributed by atoms with Gasteiger partial charge in [0.15, 0.2) is 0 Å². The van der Waals surface area contributed by atoms with Crippen LogP contribution in [0.2, 0.25) is 0 Å². The van der Waals surface area contributed by atoms with E-state index in [9.17, 15) is 8.42 Å². The Morgan fingerprint density at radius 2 is 1.56 bits per heavy atom. The molecule has 0 bridgehead atoms. The highest BCUT2D eigenvalue weighted by atomic mass is 32.2. The number of fused-ring (bicyclic) bond motifs is 2. The van der Waals surface area contributed by atoms with Crippen LogP contribution in [0.1, 0.15) is 16.7 Å². The third kappa shape index (κ3) is 1.66. The van der Waals surface area contributed by atoms with Crippen LogP contribution in [0, 0.1) is 6.92 Å². The minimum Gasteiger partial charge on any atom is -0.218 e. The predicted molar refractivity (Wildman–Crippen MR) is 70.5 cm³/mol. The topological polar surface area (TPSA) is 34.1 Å². The normalized spacial score (nSPS) is 16.5. The smallest absolute Gasteiger partial charge is 0.207 e. The lowest BCUT2D eigenvalue weighted by Crippen LogP contribution is -2.04. The van der Waals surface area contributed by atoms with Crippen molar-refractivity contribution in [2.75, 3.05) is 0 Å². The molecule has 2 aromatic rings. The van der Waals surface area contributed by atoms with Crippen LogP contribution in [0.4, 0.5) is 0 Å². The fraction of sp³-hybridized carbons (Fsp3) is 0.200. The molecule has 1 aliphatic rings. The molecule has 0 saturated heterocycles. The second-order valence-corrected chi connectivity index (χ2v) is 6.61. The van der Waals surface area contributed by atoms with E-state index in [-0.39, 0.29) is 0 Å². The molecule has 1 heterocycles. The second-order valence-electron chi connectivity index (χ2n) is 4.72. The minimum absolute atomic E-state index is 0.465. The van der Waals surface area contributed by atoms with Gasteiger partial charge in [-0.25, -0.2) is 8.42 Å². The Morgan fingerprint density at radius 1 is 0.889 bits per heavy atom. The molecule has 0 spiro atoms. The zero-order valence-corrected chi connectivity index (χ0v) is 11.0. The summed E-state index contributed by atoms with van der Waals surface area (Å²) in [5, 5.41) is 0. The first-order valence-electron chi connectivity index (χ1n) is 6.01. The molecule has 0 fully saturated rings. The Kier molecular flexibility index (Phi) is 2.52. The number of hydrogen-bond acceptors (Lipinski definition) is 2. The van der Waals surface area contributed by atoms with Crippen molar-refractivity contribution in [1.29, 1.82) is 0 Å². The lowest BCUT2D eigenvalue weighted by molar-refractivity contribution is 0.595. The fourth-order valence-electron chi connectivity index (χ4n) is 2.53. The Balaban J connectivity index is 2.33. The van der Waals surface area contributed by atoms with Crippen LogP contribution in [0.3, 0.4) is 0 Å². The quantitative estimate of drug-likeness (QED) is 0.728. The van der Waals surface area contributed by atoms with Gasteiger partial charge < -0.3 is 0 Å². The van der Waals surface area contributed by atoms with Gasteiger partial charge in [0.05, 0.1) is 9.79 Å². The van der Waals surface area contributed by atoms with Crippen LogP contribution in [-0.2, 0) is 22.7 Å². The van der Waals surface area contributed by atoms with Gasteiger partial charge in [0, 0.05) is 0 Å². The SMILES string of the molecule is Cc1ccc2c(c1)CCc1ccccc1S2(=O)=O. The van der Waals surface area contributed by atoms with Gasteiger partial charge in [-0.15, -0.1) is 0 Å². The zero-order valence-electron chi connectivity index (χ0n) is 10.2. The molecule has 2 nitrogen and oxygen atoms in total. The maximum Gasteiger partial charge on any atom is 0.207 e. The van der Waals surface area contributed by atoms with Gasteiger partial charge in [-0.1, -0.05) is 35.9 Å². The maximum atomic E-state index is 12.6. The number of benzene rings is 2. The third-order valence-electron chi connectivity index (χ3n) is 3.43. The van der Waals surface area contributed by atoms with E-state index >= 15 is 0 Å². The van der Waals surface area contributed by atoms with E-state index in [4.69, 9.17) is 0 Å².